The van der Waals surface area contributed by atoms with Gasteiger partial charge < -0.3 is 4.43 Å². The first-order valence-electron chi connectivity index (χ1n) is 8.06. The van der Waals surface area contributed by atoms with Crippen molar-refractivity contribution in [2.24, 2.45) is 5.41 Å². The Balaban J connectivity index is 2.85. The van der Waals surface area contributed by atoms with Crippen LogP contribution in [0.2, 0.25) is 19.6 Å². The Kier molecular flexibility index (Phi) is 7.36. The summed E-state index contributed by atoms with van der Waals surface area (Å²) in [6.07, 6.45) is 1.81. The van der Waals surface area contributed by atoms with Crippen LogP contribution in [-0.4, -0.2) is 25.3 Å². The molecule has 0 spiro atoms. The van der Waals surface area contributed by atoms with Crippen LogP contribution in [0.15, 0.2) is 30.3 Å². The summed E-state index contributed by atoms with van der Waals surface area (Å²) >= 11 is 1.41. The van der Waals surface area contributed by atoms with Crippen LogP contribution >= 0.6 is 11.8 Å². The summed E-state index contributed by atoms with van der Waals surface area (Å²) in [6, 6.07) is 10.4. The van der Waals surface area contributed by atoms with Crippen LogP contribution in [0, 0.1) is 5.41 Å². The van der Waals surface area contributed by atoms with Crippen molar-refractivity contribution in [2.75, 3.05) is 5.75 Å². The molecule has 0 radical (unpaired) electrons. The van der Waals surface area contributed by atoms with Crippen LogP contribution in [0.5, 0.6) is 0 Å². The van der Waals surface area contributed by atoms with Gasteiger partial charge in [0, 0.05) is 0 Å². The molecule has 4 heteroatoms. The molecule has 0 aromatic heterocycles. The van der Waals surface area contributed by atoms with Crippen LogP contribution in [0.1, 0.15) is 32.8 Å². The molecule has 124 valence electrons. The first-order chi connectivity index (χ1) is 10.2. The van der Waals surface area contributed by atoms with E-state index in [0.29, 0.717) is 0 Å². The topological polar surface area (TPSA) is 26.3 Å². The molecule has 0 amide bonds. The van der Waals surface area contributed by atoms with Crippen LogP contribution in [-0.2, 0) is 15.6 Å². The molecule has 0 aliphatic carbocycles. The number of hydrogen-bond donors (Lipinski definition) is 0. The maximum Gasteiger partial charge on any atom is 0.197 e. The average molecular weight is 339 g/mol. The van der Waals surface area contributed by atoms with Crippen molar-refractivity contribution in [3.8, 4) is 0 Å². The minimum Gasteiger partial charge on any atom is -0.414 e. The van der Waals surface area contributed by atoms with E-state index in [1.165, 1.54) is 17.3 Å². The molecule has 1 atom stereocenters. The maximum absolute atomic E-state index is 12.5. The fraction of sp³-hybridized carbons (Fsp3) is 0.611. The van der Waals surface area contributed by atoms with Gasteiger partial charge in [0.15, 0.2) is 13.4 Å². The molecule has 1 aromatic rings. The molecule has 0 heterocycles. The first-order valence-corrected chi connectivity index (χ1v) is 12.4. The molecule has 2 nitrogen and oxygen atoms in total. The molecule has 0 aliphatic rings. The molecule has 0 fully saturated rings. The lowest BCUT2D eigenvalue weighted by Gasteiger charge is -2.37. The van der Waals surface area contributed by atoms with Gasteiger partial charge in [-0.15, -0.1) is 0 Å². The van der Waals surface area contributed by atoms with E-state index in [1.54, 1.807) is 0 Å². The molecule has 1 unspecified atom stereocenters. The SMILES string of the molecule is CCSC(=O)C(C)(C)C(CCc1ccccc1)O[Si](C)(C)C. The second kappa shape index (κ2) is 8.32. The Morgan fingerprint density at radius 2 is 1.82 bits per heavy atom. The smallest absolute Gasteiger partial charge is 0.197 e. The van der Waals surface area contributed by atoms with Crippen molar-refractivity contribution in [1.82, 2.24) is 0 Å². The zero-order chi connectivity index (χ0) is 16.8. The van der Waals surface area contributed by atoms with Crippen molar-refractivity contribution in [1.29, 1.82) is 0 Å². The fourth-order valence-corrected chi connectivity index (χ4v) is 4.42. The third-order valence-corrected chi connectivity index (χ3v) is 5.71. The Morgan fingerprint density at radius 3 is 2.32 bits per heavy atom. The molecule has 0 bridgehead atoms. The quantitative estimate of drug-likeness (QED) is 0.614. The Bertz CT molecular complexity index is 466. The van der Waals surface area contributed by atoms with Crippen molar-refractivity contribution in [2.45, 2.75) is 59.4 Å². The van der Waals surface area contributed by atoms with Gasteiger partial charge in [0.1, 0.15) is 0 Å². The summed E-state index contributed by atoms with van der Waals surface area (Å²) in [6.45, 7) is 12.7. The number of carbonyl (C=O) groups excluding carboxylic acids is 1. The molecular weight excluding hydrogens is 308 g/mol. The van der Waals surface area contributed by atoms with Gasteiger partial charge in [-0.1, -0.05) is 49.0 Å². The molecule has 0 N–H and O–H groups in total. The van der Waals surface area contributed by atoms with E-state index in [9.17, 15) is 4.79 Å². The van der Waals surface area contributed by atoms with Crippen molar-refractivity contribution in [3.63, 3.8) is 0 Å². The van der Waals surface area contributed by atoms with E-state index in [0.717, 1.165) is 18.6 Å². The minimum atomic E-state index is -1.70. The normalized spacial score (nSPS) is 13.9. The molecule has 1 rings (SSSR count). The average Bonchev–Trinajstić information content (AvgIpc) is 2.43. The zero-order valence-corrected chi connectivity index (χ0v) is 16.6. The van der Waals surface area contributed by atoms with Gasteiger partial charge >= 0.3 is 0 Å². The summed E-state index contributed by atoms with van der Waals surface area (Å²) in [5.74, 6) is 0.820. The molecule has 0 aliphatic heterocycles. The van der Waals surface area contributed by atoms with Crippen molar-refractivity contribution >= 4 is 25.2 Å². The molecule has 0 saturated carbocycles. The van der Waals surface area contributed by atoms with Crippen LogP contribution in [0.4, 0.5) is 0 Å². The van der Waals surface area contributed by atoms with E-state index in [4.69, 9.17) is 4.43 Å². The number of carbonyl (C=O) groups is 1. The second-order valence-electron chi connectivity index (χ2n) is 7.19. The lowest BCUT2D eigenvalue weighted by Crippen LogP contribution is -2.44. The third kappa shape index (κ3) is 6.27. The third-order valence-electron chi connectivity index (χ3n) is 3.64. The fourth-order valence-electron chi connectivity index (χ4n) is 2.38. The first kappa shape index (κ1) is 19.5. The number of thioether (sulfide) groups is 1. The van der Waals surface area contributed by atoms with E-state index in [2.05, 4.69) is 43.9 Å². The van der Waals surface area contributed by atoms with Crippen molar-refractivity contribution in [3.05, 3.63) is 35.9 Å². The predicted octanol–water partition coefficient (Wildman–Crippen LogP) is 5.15. The van der Waals surface area contributed by atoms with E-state index in [-0.39, 0.29) is 11.2 Å². The highest BCUT2D eigenvalue weighted by Crippen LogP contribution is 2.34. The monoisotopic (exact) mass is 338 g/mol. The Labute approximate surface area is 141 Å². The minimum absolute atomic E-state index is 0.0223. The van der Waals surface area contributed by atoms with Crippen molar-refractivity contribution < 1.29 is 9.22 Å². The highest BCUT2D eigenvalue weighted by atomic mass is 32.2. The molecular formula is C18H30O2SSi. The molecule has 1 aromatic carbocycles. The summed E-state index contributed by atoms with van der Waals surface area (Å²) in [4.78, 5) is 12.5. The maximum atomic E-state index is 12.5. The number of aryl methyl sites for hydroxylation is 1. The number of hydrogen-bond acceptors (Lipinski definition) is 3. The summed E-state index contributed by atoms with van der Waals surface area (Å²) in [5, 5.41) is 0.242. The Hall–Kier alpha value is -0.583. The van der Waals surface area contributed by atoms with Gasteiger partial charge in [-0.2, -0.15) is 0 Å². The van der Waals surface area contributed by atoms with Crippen LogP contribution in [0.3, 0.4) is 0 Å². The van der Waals surface area contributed by atoms with Crippen LogP contribution in [0.25, 0.3) is 0 Å². The summed E-state index contributed by atoms with van der Waals surface area (Å²) in [7, 11) is -1.70. The highest BCUT2D eigenvalue weighted by molar-refractivity contribution is 8.13. The van der Waals surface area contributed by atoms with E-state index in [1.807, 2.05) is 26.8 Å². The Morgan fingerprint density at radius 1 is 1.23 bits per heavy atom. The van der Waals surface area contributed by atoms with Gasteiger partial charge in [-0.3, -0.25) is 4.79 Å². The largest absolute Gasteiger partial charge is 0.414 e. The summed E-state index contributed by atoms with van der Waals surface area (Å²) in [5.41, 5.74) is 0.855. The standard InChI is InChI=1S/C18H30O2SSi/c1-7-21-17(19)18(2,3)16(20-22(4,5)6)14-13-15-11-9-8-10-12-15/h8-12,16H,7,13-14H2,1-6H3. The van der Waals surface area contributed by atoms with E-state index >= 15 is 0 Å². The van der Waals surface area contributed by atoms with E-state index < -0.39 is 13.7 Å². The van der Waals surface area contributed by atoms with Crippen LogP contribution < -0.4 is 0 Å². The number of rotatable bonds is 8. The predicted molar refractivity (Wildman–Crippen MR) is 99.9 cm³/mol. The van der Waals surface area contributed by atoms with Gasteiger partial charge in [0.05, 0.1) is 11.5 Å². The van der Waals surface area contributed by atoms with Gasteiger partial charge in [0.25, 0.3) is 0 Å². The molecule has 0 saturated heterocycles. The molecule has 22 heavy (non-hydrogen) atoms. The van der Waals surface area contributed by atoms with Gasteiger partial charge in [-0.05, 0) is 57.6 Å². The van der Waals surface area contributed by atoms with Gasteiger partial charge in [-0.25, -0.2) is 0 Å². The lowest BCUT2D eigenvalue weighted by molar-refractivity contribution is -0.123. The lowest BCUT2D eigenvalue weighted by atomic mass is 9.85. The highest BCUT2D eigenvalue weighted by Gasteiger charge is 2.39. The number of benzene rings is 1. The zero-order valence-electron chi connectivity index (χ0n) is 14.8. The summed E-state index contributed by atoms with van der Waals surface area (Å²) < 4.78 is 6.40. The second-order valence-corrected chi connectivity index (χ2v) is 12.9. The van der Waals surface area contributed by atoms with Gasteiger partial charge in [0.2, 0.25) is 0 Å².